The van der Waals surface area contributed by atoms with Gasteiger partial charge in [-0.15, -0.1) is 0 Å². The zero-order valence-electron chi connectivity index (χ0n) is 19.4. The highest BCUT2D eigenvalue weighted by Crippen LogP contribution is 2.32. The van der Waals surface area contributed by atoms with Crippen LogP contribution in [-0.4, -0.2) is 32.7 Å². The van der Waals surface area contributed by atoms with Crippen LogP contribution in [0.5, 0.6) is 5.75 Å². The van der Waals surface area contributed by atoms with Crippen LogP contribution >= 0.6 is 11.6 Å². The Labute approximate surface area is 209 Å². The number of aromatic nitrogens is 1. The SMILES string of the molecule is COc1ccc(-c2cc(S(C)(=O)=O)ccc2C(=O)Nc2ccc(Cl)c(-c3ccccn3)c2)cc1C. The van der Waals surface area contributed by atoms with Crippen molar-refractivity contribution in [2.75, 3.05) is 18.7 Å². The van der Waals surface area contributed by atoms with Gasteiger partial charge < -0.3 is 10.1 Å². The van der Waals surface area contributed by atoms with Gasteiger partial charge in [-0.2, -0.15) is 0 Å². The number of amides is 1. The number of hydrogen-bond donors (Lipinski definition) is 1. The van der Waals surface area contributed by atoms with Gasteiger partial charge in [-0.05, 0) is 84.3 Å². The maximum Gasteiger partial charge on any atom is 0.256 e. The zero-order chi connectivity index (χ0) is 25.2. The quantitative estimate of drug-likeness (QED) is 0.344. The van der Waals surface area contributed by atoms with Crippen molar-refractivity contribution in [2.45, 2.75) is 11.8 Å². The molecule has 4 aromatic rings. The summed E-state index contributed by atoms with van der Waals surface area (Å²) in [4.78, 5) is 17.8. The van der Waals surface area contributed by atoms with Crippen LogP contribution < -0.4 is 10.1 Å². The summed E-state index contributed by atoms with van der Waals surface area (Å²) in [6.45, 7) is 1.88. The molecule has 6 nitrogen and oxygen atoms in total. The number of pyridine rings is 1. The summed E-state index contributed by atoms with van der Waals surface area (Å²) in [6.07, 6.45) is 2.81. The predicted octanol–water partition coefficient (Wildman–Crippen LogP) is 6.04. The Kier molecular flexibility index (Phi) is 6.91. The van der Waals surface area contributed by atoms with Gasteiger partial charge in [0.05, 0.1) is 22.7 Å². The van der Waals surface area contributed by atoms with Gasteiger partial charge in [0.1, 0.15) is 5.75 Å². The number of nitrogens with zero attached hydrogens (tertiary/aromatic N) is 1. The second-order valence-corrected chi connectivity index (χ2v) is 10.5. The summed E-state index contributed by atoms with van der Waals surface area (Å²) in [7, 11) is -1.90. The van der Waals surface area contributed by atoms with E-state index in [9.17, 15) is 13.2 Å². The van der Waals surface area contributed by atoms with Gasteiger partial charge in [-0.25, -0.2) is 8.42 Å². The minimum absolute atomic E-state index is 0.126. The van der Waals surface area contributed by atoms with Crippen LogP contribution in [0, 0.1) is 6.92 Å². The van der Waals surface area contributed by atoms with Gasteiger partial charge in [0, 0.05) is 29.3 Å². The van der Waals surface area contributed by atoms with E-state index in [0.29, 0.717) is 44.4 Å². The number of benzene rings is 3. The average Bonchev–Trinajstić information content (AvgIpc) is 2.84. The summed E-state index contributed by atoms with van der Waals surface area (Å²) in [6, 6.07) is 20.6. The normalized spacial score (nSPS) is 11.2. The van der Waals surface area contributed by atoms with Crippen LogP contribution in [0.2, 0.25) is 5.02 Å². The second kappa shape index (κ2) is 9.90. The van der Waals surface area contributed by atoms with E-state index < -0.39 is 9.84 Å². The number of ether oxygens (including phenoxy) is 1. The molecule has 0 aliphatic heterocycles. The first-order valence-corrected chi connectivity index (χ1v) is 13.0. The lowest BCUT2D eigenvalue weighted by atomic mass is 9.97. The second-order valence-electron chi connectivity index (χ2n) is 8.03. The molecule has 4 rings (SSSR count). The third-order valence-corrected chi connectivity index (χ3v) is 6.97. The van der Waals surface area contributed by atoms with E-state index >= 15 is 0 Å². The number of aryl methyl sites for hydroxylation is 1. The molecule has 0 spiro atoms. The average molecular weight is 507 g/mol. The topological polar surface area (TPSA) is 85.4 Å². The molecule has 0 unspecified atom stereocenters. The predicted molar refractivity (Wildman–Crippen MR) is 139 cm³/mol. The first-order chi connectivity index (χ1) is 16.7. The molecule has 0 saturated heterocycles. The molecule has 178 valence electrons. The van der Waals surface area contributed by atoms with Gasteiger partial charge in [-0.1, -0.05) is 23.7 Å². The molecule has 1 amide bonds. The number of hydrogen-bond acceptors (Lipinski definition) is 5. The first kappa shape index (κ1) is 24.4. The van der Waals surface area contributed by atoms with Crippen molar-refractivity contribution < 1.29 is 17.9 Å². The molecule has 1 aromatic heterocycles. The molecule has 1 N–H and O–H groups in total. The van der Waals surface area contributed by atoms with E-state index in [1.165, 1.54) is 18.2 Å². The van der Waals surface area contributed by atoms with E-state index in [-0.39, 0.29) is 10.8 Å². The smallest absolute Gasteiger partial charge is 0.256 e. The Balaban J connectivity index is 1.76. The largest absolute Gasteiger partial charge is 0.496 e. The fourth-order valence-corrected chi connectivity index (χ4v) is 4.62. The molecule has 0 aliphatic rings. The number of halogens is 1. The summed E-state index contributed by atoms with van der Waals surface area (Å²) in [5, 5.41) is 3.41. The molecular formula is C27H23ClN2O4S. The molecule has 1 heterocycles. The summed E-state index contributed by atoms with van der Waals surface area (Å²) < 4.78 is 29.8. The third-order valence-electron chi connectivity index (χ3n) is 5.53. The minimum atomic E-state index is -3.48. The molecular weight excluding hydrogens is 484 g/mol. The maximum atomic E-state index is 13.4. The fourth-order valence-electron chi connectivity index (χ4n) is 3.76. The van der Waals surface area contributed by atoms with E-state index in [1.54, 1.807) is 43.6 Å². The van der Waals surface area contributed by atoms with Gasteiger partial charge in [0.15, 0.2) is 9.84 Å². The highest BCUT2D eigenvalue weighted by Gasteiger charge is 2.18. The van der Waals surface area contributed by atoms with E-state index in [4.69, 9.17) is 16.3 Å². The number of anilines is 1. The Morgan fingerprint density at radius 3 is 2.43 bits per heavy atom. The molecule has 35 heavy (non-hydrogen) atoms. The van der Waals surface area contributed by atoms with Crippen molar-refractivity contribution in [3.05, 3.63) is 95.1 Å². The van der Waals surface area contributed by atoms with Gasteiger partial charge in [0.25, 0.3) is 5.91 Å². The lowest BCUT2D eigenvalue weighted by molar-refractivity contribution is 0.102. The Morgan fingerprint density at radius 2 is 1.77 bits per heavy atom. The minimum Gasteiger partial charge on any atom is -0.496 e. The standard InChI is InChI=1S/C27H23ClN2O4S/c1-17-14-18(7-12-26(17)34-2)22-16-20(35(3,32)33)9-10-21(22)27(31)30-19-8-11-24(28)23(15-19)25-6-4-5-13-29-25/h4-16H,1-3H3,(H,30,31). The van der Waals surface area contributed by atoms with E-state index in [2.05, 4.69) is 10.3 Å². The lowest BCUT2D eigenvalue weighted by Crippen LogP contribution is -2.14. The Hall–Kier alpha value is -3.68. The van der Waals surface area contributed by atoms with Gasteiger partial charge in [0.2, 0.25) is 0 Å². The number of sulfone groups is 1. The Bertz CT molecular complexity index is 1520. The van der Waals surface area contributed by atoms with Crippen LogP contribution in [0.15, 0.2) is 83.9 Å². The van der Waals surface area contributed by atoms with Crippen molar-refractivity contribution in [1.29, 1.82) is 0 Å². The van der Waals surface area contributed by atoms with Crippen molar-refractivity contribution >= 4 is 33.0 Å². The lowest BCUT2D eigenvalue weighted by Gasteiger charge is -2.14. The summed E-state index contributed by atoms with van der Waals surface area (Å²) >= 11 is 6.37. The molecule has 0 bridgehead atoms. The first-order valence-electron chi connectivity index (χ1n) is 10.7. The number of carbonyl (C=O) groups excluding carboxylic acids is 1. The molecule has 8 heteroatoms. The van der Waals surface area contributed by atoms with Crippen LogP contribution in [0.3, 0.4) is 0 Å². The molecule has 0 radical (unpaired) electrons. The van der Waals surface area contributed by atoms with Gasteiger partial charge >= 0.3 is 0 Å². The van der Waals surface area contributed by atoms with Crippen molar-refractivity contribution in [3.63, 3.8) is 0 Å². The Morgan fingerprint density at radius 1 is 0.971 bits per heavy atom. The van der Waals surface area contributed by atoms with Crippen molar-refractivity contribution in [3.8, 4) is 28.1 Å². The van der Waals surface area contributed by atoms with Crippen LogP contribution in [0.4, 0.5) is 5.69 Å². The summed E-state index contributed by atoms with van der Waals surface area (Å²) in [5.74, 6) is 0.310. The van der Waals surface area contributed by atoms with E-state index in [1.807, 2.05) is 31.2 Å². The van der Waals surface area contributed by atoms with Crippen LogP contribution in [0.1, 0.15) is 15.9 Å². The summed E-state index contributed by atoms with van der Waals surface area (Å²) in [5.41, 5.74) is 4.28. The van der Waals surface area contributed by atoms with E-state index in [0.717, 1.165) is 11.8 Å². The monoisotopic (exact) mass is 506 g/mol. The number of nitrogens with one attached hydrogen (secondary N) is 1. The number of carbonyl (C=O) groups is 1. The molecule has 0 atom stereocenters. The van der Waals surface area contributed by atoms with Crippen LogP contribution in [0.25, 0.3) is 22.4 Å². The molecule has 0 aliphatic carbocycles. The van der Waals surface area contributed by atoms with Gasteiger partial charge in [-0.3, -0.25) is 9.78 Å². The highest BCUT2D eigenvalue weighted by atomic mass is 35.5. The number of rotatable bonds is 6. The highest BCUT2D eigenvalue weighted by molar-refractivity contribution is 7.90. The van der Waals surface area contributed by atoms with Crippen molar-refractivity contribution in [2.24, 2.45) is 0 Å². The zero-order valence-corrected chi connectivity index (χ0v) is 20.9. The molecule has 0 fully saturated rings. The molecule has 3 aromatic carbocycles. The van der Waals surface area contributed by atoms with Crippen molar-refractivity contribution in [1.82, 2.24) is 4.98 Å². The maximum absolute atomic E-state index is 13.4. The molecule has 0 saturated carbocycles. The van der Waals surface area contributed by atoms with Crippen LogP contribution in [-0.2, 0) is 9.84 Å². The third kappa shape index (κ3) is 5.37. The number of methoxy groups -OCH3 is 1. The fraction of sp³-hybridized carbons (Fsp3) is 0.111.